The number of furan rings is 1. The van der Waals surface area contributed by atoms with Crippen LogP contribution in [-0.4, -0.2) is 36.1 Å². The summed E-state index contributed by atoms with van der Waals surface area (Å²) in [7, 11) is 3.10. The van der Waals surface area contributed by atoms with E-state index in [4.69, 9.17) is 13.7 Å². The van der Waals surface area contributed by atoms with E-state index in [0.717, 1.165) is 16.7 Å². The Morgan fingerprint density at radius 1 is 1.02 bits per heavy atom. The van der Waals surface area contributed by atoms with Gasteiger partial charge in [0.25, 0.3) is 17.7 Å². The molecule has 2 heterocycles. The van der Waals surface area contributed by atoms with Gasteiger partial charge in [-0.1, -0.05) is 17.3 Å². The number of aryl methyl sites for hydroxylation is 1. The highest BCUT2D eigenvalue weighted by atomic mass is 19.1. The topological polar surface area (TPSA) is 119 Å². The van der Waals surface area contributed by atoms with E-state index in [-0.39, 0.29) is 24.2 Å². The number of carbonyl (C=O) groups excluding carboxylic acids is 2. The maximum atomic E-state index is 13.6. The van der Waals surface area contributed by atoms with E-state index in [0.29, 0.717) is 58.0 Å². The number of nitrogens with one attached hydrogen (secondary N) is 2. The number of hydrogen-bond acceptors (Lipinski definition) is 7. The Kier molecular flexibility index (Phi) is 6.63. The van der Waals surface area contributed by atoms with Crippen molar-refractivity contribution in [3.05, 3.63) is 94.9 Å². The molecule has 41 heavy (non-hydrogen) atoms. The van der Waals surface area contributed by atoms with Crippen molar-refractivity contribution in [1.82, 2.24) is 20.8 Å². The lowest BCUT2D eigenvalue weighted by molar-refractivity contribution is 0.0919. The van der Waals surface area contributed by atoms with Gasteiger partial charge in [-0.05, 0) is 85.0 Å². The van der Waals surface area contributed by atoms with Crippen LogP contribution in [0, 0.1) is 12.7 Å². The maximum absolute atomic E-state index is 13.6. The first-order valence-electron chi connectivity index (χ1n) is 13.1. The third-order valence-electron chi connectivity index (χ3n) is 7.31. The molecule has 208 valence electrons. The van der Waals surface area contributed by atoms with Gasteiger partial charge in [0.15, 0.2) is 5.82 Å². The van der Waals surface area contributed by atoms with Gasteiger partial charge in [-0.3, -0.25) is 9.59 Å². The lowest BCUT2D eigenvalue weighted by atomic mass is 9.95. The quantitative estimate of drug-likeness (QED) is 0.259. The molecule has 3 aromatic carbocycles. The Hall–Kier alpha value is -4.83. The second-order valence-corrected chi connectivity index (χ2v) is 10.1. The molecule has 2 aromatic heterocycles. The standard InChI is InChI=1S/C31H27FN4O5/c1-17-4-5-20(28(37)35-31(12-13-31)30-34-25(16-39-3)36-41-30)15-22(17)19-8-11-24-23(14-19)26(29(38)33-2)27(40-24)18-6-9-21(32)10-7-18/h4-11,14-15H,12-13,16H2,1-3H3,(H,33,38)(H,35,37). The van der Waals surface area contributed by atoms with Crippen molar-refractivity contribution < 1.29 is 27.7 Å². The first kappa shape index (κ1) is 26.4. The molecule has 1 saturated carbocycles. The van der Waals surface area contributed by atoms with Crippen molar-refractivity contribution in [1.29, 1.82) is 0 Å². The number of halogens is 1. The summed E-state index contributed by atoms with van der Waals surface area (Å²) in [6, 6.07) is 16.8. The molecule has 5 aromatic rings. The zero-order valence-corrected chi connectivity index (χ0v) is 22.7. The molecule has 6 rings (SSSR count). The van der Waals surface area contributed by atoms with Crippen molar-refractivity contribution in [2.24, 2.45) is 0 Å². The monoisotopic (exact) mass is 554 g/mol. The molecular weight excluding hydrogens is 527 g/mol. The third-order valence-corrected chi connectivity index (χ3v) is 7.31. The Bertz CT molecular complexity index is 1790. The fourth-order valence-electron chi connectivity index (χ4n) is 4.94. The van der Waals surface area contributed by atoms with Gasteiger partial charge in [-0.15, -0.1) is 0 Å². The van der Waals surface area contributed by atoms with Gasteiger partial charge in [0, 0.05) is 30.7 Å². The number of hydrogen-bond donors (Lipinski definition) is 2. The van der Waals surface area contributed by atoms with Gasteiger partial charge < -0.3 is 24.3 Å². The minimum atomic E-state index is -0.685. The normalized spacial score (nSPS) is 13.8. The minimum absolute atomic E-state index is 0.225. The highest BCUT2D eigenvalue weighted by Crippen LogP contribution is 2.45. The molecule has 0 saturated heterocycles. The van der Waals surface area contributed by atoms with Crippen LogP contribution in [0.1, 0.15) is 50.8 Å². The number of nitrogens with zero attached hydrogens (tertiary/aromatic N) is 2. The van der Waals surface area contributed by atoms with Crippen LogP contribution in [-0.2, 0) is 16.9 Å². The van der Waals surface area contributed by atoms with E-state index in [1.807, 2.05) is 31.2 Å². The van der Waals surface area contributed by atoms with E-state index in [1.165, 1.54) is 12.1 Å². The molecule has 0 unspecified atom stereocenters. The molecule has 0 bridgehead atoms. The summed E-state index contributed by atoms with van der Waals surface area (Å²) in [5, 5.41) is 10.3. The summed E-state index contributed by atoms with van der Waals surface area (Å²) in [4.78, 5) is 30.7. The average Bonchev–Trinajstić information content (AvgIpc) is 3.42. The number of fused-ring (bicyclic) bond motifs is 1. The van der Waals surface area contributed by atoms with Crippen LogP contribution in [0.2, 0.25) is 0 Å². The first-order chi connectivity index (χ1) is 19.8. The molecule has 2 amide bonds. The van der Waals surface area contributed by atoms with Gasteiger partial charge in [-0.25, -0.2) is 4.39 Å². The second kappa shape index (κ2) is 10.3. The van der Waals surface area contributed by atoms with E-state index in [9.17, 15) is 14.0 Å². The summed E-state index contributed by atoms with van der Waals surface area (Å²) >= 11 is 0. The van der Waals surface area contributed by atoms with Crippen LogP contribution < -0.4 is 10.6 Å². The van der Waals surface area contributed by atoms with E-state index in [2.05, 4.69) is 20.8 Å². The Labute approximate surface area is 234 Å². The number of methoxy groups -OCH3 is 1. The van der Waals surface area contributed by atoms with E-state index < -0.39 is 5.54 Å². The average molecular weight is 555 g/mol. The number of rotatable bonds is 8. The molecule has 0 spiro atoms. The van der Waals surface area contributed by atoms with Crippen molar-refractivity contribution in [2.75, 3.05) is 14.2 Å². The minimum Gasteiger partial charge on any atom is -0.455 e. The molecule has 2 N–H and O–H groups in total. The number of ether oxygens (including phenoxy) is 1. The summed E-state index contributed by atoms with van der Waals surface area (Å²) in [5.41, 5.74) is 3.83. The molecule has 10 heteroatoms. The van der Waals surface area contributed by atoms with Crippen molar-refractivity contribution >= 4 is 22.8 Å². The SMILES string of the molecule is CNC(=O)c1c(-c2ccc(F)cc2)oc2ccc(-c3cc(C(=O)NC4(c5nc(COC)no5)CC4)ccc3C)cc12. The molecule has 0 radical (unpaired) electrons. The van der Waals surface area contributed by atoms with Gasteiger partial charge in [-0.2, -0.15) is 4.98 Å². The largest absolute Gasteiger partial charge is 0.455 e. The molecule has 1 aliphatic rings. The van der Waals surface area contributed by atoms with Crippen LogP contribution in [0.25, 0.3) is 33.4 Å². The van der Waals surface area contributed by atoms with Gasteiger partial charge in [0.1, 0.15) is 29.3 Å². The van der Waals surface area contributed by atoms with Crippen molar-refractivity contribution in [2.45, 2.75) is 31.9 Å². The highest BCUT2D eigenvalue weighted by Gasteiger charge is 2.51. The first-order valence-corrected chi connectivity index (χ1v) is 13.1. The molecular formula is C31H27FN4O5. The van der Waals surface area contributed by atoms with Gasteiger partial charge in [0.05, 0.1) is 5.56 Å². The predicted molar refractivity (Wildman–Crippen MR) is 149 cm³/mol. The lowest BCUT2D eigenvalue weighted by Gasteiger charge is -2.14. The van der Waals surface area contributed by atoms with Crippen molar-refractivity contribution in [3.8, 4) is 22.5 Å². The molecule has 1 aliphatic carbocycles. The number of amides is 2. The zero-order valence-electron chi connectivity index (χ0n) is 22.7. The van der Waals surface area contributed by atoms with Crippen LogP contribution in [0.3, 0.4) is 0 Å². The van der Waals surface area contributed by atoms with E-state index >= 15 is 0 Å². The van der Waals surface area contributed by atoms with Crippen molar-refractivity contribution in [3.63, 3.8) is 0 Å². The zero-order chi connectivity index (χ0) is 28.7. The Morgan fingerprint density at radius 2 is 1.78 bits per heavy atom. The highest BCUT2D eigenvalue weighted by molar-refractivity contribution is 6.12. The summed E-state index contributed by atoms with van der Waals surface area (Å²) in [5.74, 6) is 0.182. The van der Waals surface area contributed by atoms with E-state index in [1.54, 1.807) is 38.4 Å². The van der Waals surface area contributed by atoms with Gasteiger partial charge in [0.2, 0.25) is 0 Å². The predicted octanol–water partition coefficient (Wildman–Crippen LogP) is 5.52. The molecule has 9 nitrogen and oxygen atoms in total. The second-order valence-electron chi connectivity index (χ2n) is 10.1. The molecule has 1 fully saturated rings. The maximum Gasteiger partial charge on any atom is 0.255 e. The Balaban J connectivity index is 1.35. The number of carbonyl (C=O) groups is 2. The smallest absolute Gasteiger partial charge is 0.255 e. The molecule has 0 atom stereocenters. The fourth-order valence-corrected chi connectivity index (χ4v) is 4.94. The van der Waals surface area contributed by atoms with Crippen LogP contribution >= 0.6 is 0 Å². The van der Waals surface area contributed by atoms with Crippen LogP contribution in [0.4, 0.5) is 4.39 Å². The van der Waals surface area contributed by atoms with Gasteiger partial charge >= 0.3 is 0 Å². The summed E-state index contributed by atoms with van der Waals surface area (Å²) in [6.07, 6.45) is 1.39. The number of aromatic nitrogens is 2. The van der Waals surface area contributed by atoms with Crippen LogP contribution in [0.5, 0.6) is 0 Å². The Morgan fingerprint density at radius 3 is 2.49 bits per heavy atom. The third kappa shape index (κ3) is 4.87. The lowest BCUT2D eigenvalue weighted by Crippen LogP contribution is -2.35. The number of benzene rings is 3. The van der Waals surface area contributed by atoms with Crippen LogP contribution in [0.15, 0.2) is 69.6 Å². The molecule has 0 aliphatic heterocycles. The fraction of sp³-hybridized carbons (Fsp3) is 0.226. The summed E-state index contributed by atoms with van der Waals surface area (Å²) in [6.45, 7) is 2.18. The summed E-state index contributed by atoms with van der Waals surface area (Å²) < 4.78 is 30.1.